The molecule has 92 valence electrons. The number of nitrogens with one attached hydrogen (secondary N) is 1. The van der Waals surface area contributed by atoms with E-state index in [1.165, 1.54) is 7.11 Å². The van der Waals surface area contributed by atoms with Gasteiger partial charge in [-0.25, -0.2) is 4.79 Å². The number of carbonyl (C=O) groups excluding carboxylic acids is 2. The lowest BCUT2D eigenvalue weighted by Gasteiger charge is -2.20. The Balaban J connectivity index is 2.67. The highest BCUT2D eigenvalue weighted by Gasteiger charge is 2.35. The normalized spacial score (nSPS) is 14.9. The third-order valence-corrected chi connectivity index (χ3v) is 3.10. The highest BCUT2D eigenvalue weighted by molar-refractivity contribution is 6.05. The third-order valence-electron chi connectivity index (χ3n) is 3.10. The average molecular weight is 235 g/mol. The topological polar surface area (TPSA) is 59.2 Å². The van der Waals surface area contributed by atoms with Crippen LogP contribution in [0.1, 0.15) is 59.3 Å². The molecule has 0 radical (unpaired) electrons. The molecule has 4 nitrogen and oxygen atoms in total. The molecule has 4 heteroatoms. The third kappa shape index (κ3) is 1.77. The Labute approximate surface area is 100 Å². The first-order valence-corrected chi connectivity index (χ1v) is 5.73. The molecular formula is C13H17NO3. The van der Waals surface area contributed by atoms with Crippen LogP contribution in [0.3, 0.4) is 0 Å². The van der Waals surface area contributed by atoms with Crippen LogP contribution in [0.2, 0.25) is 0 Å². The largest absolute Gasteiger partial charge is 0.464 e. The molecule has 0 aliphatic heterocycles. The first-order chi connectivity index (χ1) is 7.86. The number of fused-ring (bicyclic) bond motifs is 1. The average Bonchev–Trinajstić information content (AvgIpc) is 2.76. The number of hydrogen-bond acceptors (Lipinski definition) is 3. The number of aryl methyl sites for hydroxylation is 1. The van der Waals surface area contributed by atoms with Crippen LogP contribution in [0.5, 0.6) is 0 Å². The van der Waals surface area contributed by atoms with Gasteiger partial charge in [-0.2, -0.15) is 0 Å². The van der Waals surface area contributed by atoms with Crippen molar-refractivity contribution >= 4 is 11.8 Å². The zero-order valence-corrected chi connectivity index (χ0v) is 10.6. The van der Waals surface area contributed by atoms with E-state index in [0.717, 1.165) is 11.3 Å². The number of rotatable bonds is 1. The van der Waals surface area contributed by atoms with Crippen LogP contribution in [0.4, 0.5) is 0 Å². The molecule has 0 amide bonds. The number of methoxy groups -OCH3 is 1. The molecule has 0 saturated heterocycles. The maximum absolute atomic E-state index is 11.9. The number of ether oxygens (including phenoxy) is 1. The Hall–Kier alpha value is -1.58. The molecule has 1 aromatic heterocycles. The molecule has 0 spiro atoms. The van der Waals surface area contributed by atoms with Crippen molar-refractivity contribution in [2.75, 3.05) is 7.11 Å². The second kappa shape index (κ2) is 3.72. The monoisotopic (exact) mass is 235 g/mol. The minimum Gasteiger partial charge on any atom is -0.464 e. The van der Waals surface area contributed by atoms with Crippen molar-refractivity contribution in [1.82, 2.24) is 4.98 Å². The highest BCUT2D eigenvalue weighted by Crippen LogP contribution is 2.36. The van der Waals surface area contributed by atoms with E-state index >= 15 is 0 Å². The number of esters is 1. The lowest BCUT2D eigenvalue weighted by Crippen LogP contribution is -2.19. The van der Waals surface area contributed by atoms with Crippen LogP contribution < -0.4 is 0 Å². The van der Waals surface area contributed by atoms with Gasteiger partial charge in [-0.1, -0.05) is 20.8 Å². The van der Waals surface area contributed by atoms with Crippen molar-refractivity contribution in [3.8, 4) is 0 Å². The van der Waals surface area contributed by atoms with Crippen molar-refractivity contribution in [2.45, 2.75) is 39.0 Å². The van der Waals surface area contributed by atoms with E-state index in [9.17, 15) is 9.59 Å². The Morgan fingerprint density at radius 3 is 2.47 bits per heavy atom. The van der Waals surface area contributed by atoms with E-state index in [1.807, 2.05) is 20.8 Å². The Morgan fingerprint density at radius 2 is 1.94 bits per heavy atom. The maximum Gasteiger partial charge on any atom is 0.354 e. The van der Waals surface area contributed by atoms with Crippen LogP contribution in [0.25, 0.3) is 0 Å². The van der Waals surface area contributed by atoms with Gasteiger partial charge in [-0.3, -0.25) is 4.79 Å². The van der Waals surface area contributed by atoms with Crippen LogP contribution in [0.15, 0.2) is 0 Å². The fraction of sp³-hybridized carbons (Fsp3) is 0.538. The van der Waals surface area contributed by atoms with Gasteiger partial charge in [-0.05, 0) is 11.8 Å². The van der Waals surface area contributed by atoms with E-state index in [4.69, 9.17) is 4.74 Å². The molecule has 0 bridgehead atoms. The predicted molar refractivity (Wildman–Crippen MR) is 63.5 cm³/mol. The summed E-state index contributed by atoms with van der Waals surface area (Å²) in [6.45, 7) is 5.98. The Kier molecular flexibility index (Phi) is 2.60. The summed E-state index contributed by atoms with van der Waals surface area (Å²) in [6.07, 6.45) is 1.22. The summed E-state index contributed by atoms with van der Waals surface area (Å²) in [6, 6.07) is 0. The molecule has 0 fully saturated rings. The zero-order valence-electron chi connectivity index (χ0n) is 10.6. The molecule has 1 N–H and O–H groups in total. The Bertz CT molecular complexity index is 491. The number of ketones is 1. The predicted octanol–water partition coefficient (Wildman–Crippen LogP) is 2.23. The minimum atomic E-state index is -0.405. The summed E-state index contributed by atoms with van der Waals surface area (Å²) in [5.41, 5.74) is 2.55. The van der Waals surface area contributed by atoms with Crippen LogP contribution in [-0.2, 0) is 16.6 Å². The number of hydrogen-bond donors (Lipinski definition) is 1. The van der Waals surface area contributed by atoms with Gasteiger partial charge in [0.05, 0.1) is 7.11 Å². The highest BCUT2D eigenvalue weighted by atomic mass is 16.5. The van der Waals surface area contributed by atoms with Crippen molar-refractivity contribution in [2.24, 2.45) is 0 Å². The van der Waals surface area contributed by atoms with Gasteiger partial charge in [0.2, 0.25) is 0 Å². The number of aromatic amines is 1. The quantitative estimate of drug-likeness (QED) is 0.759. The van der Waals surface area contributed by atoms with Crippen LogP contribution in [-0.4, -0.2) is 23.8 Å². The van der Waals surface area contributed by atoms with Crippen molar-refractivity contribution in [1.29, 1.82) is 0 Å². The second-order valence-electron chi connectivity index (χ2n) is 5.39. The van der Waals surface area contributed by atoms with E-state index in [1.54, 1.807) is 0 Å². The van der Waals surface area contributed by atoms with Crippen LogP contribution >= 0.6 is 0 Å². The molecule has 1 aliphatic rings. The van der Waals surface area contributed by atoms with Gasteiger partial charge >= 0.3 is 5.97 Å². The summed E-state index contributed by atoms with van der Waals surface area (Å²) < 4.78 is 4.76. The molecule has 1 aromatic rings. The smallest absolute Gasteiger partial charge is 0.354 e. The first kappa shape index (κ1) is 11.9. The molecule has 1 aliphatic carbocycles. The SMILES string of the molecule is COC(=O)c1[nH]c2c(c1C(C)(C)C)C(=O)CC2. The van der Waals surface area contributed by atoms with Gasteiger partial charge in [0.15, 0.2) is 5.78 Å². The fourth-order valence-corrected chi connectivity index (χ4v) is 2.42. The molecule has 0 atom stereocenters. The summed E-state index contributed by atoms with van der Waals surface area (Å²) in [5, 5.41) is 0. The first-order valence-electron chi connectivity index (χ1n) is 5.73. The van der Waals surface area contributed by atoms with Crippen molar-refractivity contribution < 1.29 is 14.3 Å². The molecule has 0 saturated carbocycles. The zero-order chi connectivity index (χ0) is 12.8. The van der Waals surface area contributed by atoms with E-state index in [0.29, 0.717) is 24.1 Å². The molecule has 17 heavy (non-hydrogen) atoms. The lowest BCUT2D eigenvalue weighted by molar-refractivity contribution is 0.0592. The van der Waals surface area contributed by atoms with Crippen molar-refractivity contribution in [3.63, 3.8) is 0 Å². The van der Waals surface area contributed by atoms with E-state index < -0.39 is 5.97 Å². The summed E-state index contributed by atoms with van der Waals surface area (Å²) in [5.74, 6) is -0.284. The van der Waals surface area contributed by atoms with Crippen LogP contribution in [0, 0.1) is 0 Å². The molecule has 0 unspecified atom stereocenters. The minimum absolute atomic E-state index is 0.122. The standard InChI is InChI=1S/C13H17NO3/c1-13(2,3)10-9-7(5-6-8(9)15)14-11(10)12(16)17-4/h14H,5-6H2,1-4H3. The van der Waals surface area contributed by atoms with Gasteiger partial charge in [0.1, 0.15) is 5.69 Å². The molecule has 0 aromatic carbocycles. The molecule has 1 heterocycles. The number of H-pyrrole nitrogens is 1. The summed E-state index contributed by atoms with van der Waals surface area (Å²) >= 11 is 0. The lowest BCUT2D eigenvalue weighted by atomic mass is 9.83. The fourth-order valence-electron chi connectivity index (χ4n) is 2.42. The maximum atomic E-state index is 11.9. The second-order valence-corrected chi connectivity index (χ2v) is 5.39. The summed E-state index contributed by atoms with van der Waals surface area (Å²) in [4.78, 5) is 26.7. The number of Topliss-reactive ketones (excluding diaryl/α,β-unsaturated/α-hetero) is 1. The van der Waals surface area contributed by atoms with Gasteiger partial charge in [0, 0.05) is 23.2 Å². The summed E-state index contributed by atoms with van der Waals surface area (Å²) in [7, 11) is 1.35. The van der Waals surface area contributed by atoms with Gasteiger partial charge in [-0.15, -0.1) is 0 Å². The van der Waals surface area contributed by atoms with Crippen molar-refractivity contribution in [3.05, 3.63) is 22.5 Å². The number of aromatic nitrogens is 1. The van der Waals surface area contributed by atoms with E-state index in [-0.39, 0.29) is 11.2 Å². The Morgan fingerprint density at radius 1 is 1.29 bits per heavy atom. The number of carbonyl (C=O) groups is 2. The van der Waals surface area contributed by atoms with E-state index in [2.05, 4.69) is 4.98 Å². The van der Waals surface area contributed by atoms with Gasteiger partial charge < -0.3 is 9.72 Å². The van der Waals surface area contributed by atoms with Gasteiger partial charge in [0.25, 0.3) is 0 Å². The molecular weight excluding hydrogens is 218 g/mol. The molecule has 2 rings (SSSR count).